The minimum absolute atomic E-state index is 0.146. The first-order valence-electron chi connectivity index (χ1n) is 5.89. The Labute approximate surface area is 118 Å². The highest BCUT2D eigenvalue weighted by molar-refractivity contribution is 5.12. The van der Waals surface area contributed by atoms with Gasteiger partial charge in [-0.2, -0.15) is 43.9 Å². The summed E-state index contributed by atoms with van der Waals surface area (Å²) in [5.41, 5.74) is -7.39. The Hall–Kier alpha value is -0.770. The van der Waals surface area contributed by atoms with E-state index < -0.39 is 42.2 Å². The fourth-order valence-electron chi connectivity index (χ4n) is 1.63. The van der Waals surface area contributed by atoms with Crippen molar-refractivity contribution >= 4 is 0 Å². The predicted octanol–water partition coefficient (Wildman–Crippen LogP) is 5.73. The van der Waals surface area contributed by atoms with Crippen molar-refractivity contribution in [2.45, 2.75) is 56.1 Å². The highest BCUT2D eigenvalue weighted by Gasteiger charge is 2.90. The van der Waals surface area contributed by atoms with Crippen LogP contribution in [-0.2, 0) is 0 Å². The first kappa shape index (κ1) is 21.2. The second-order valence-electron chi connectivity index (χ2n) is 4.69. The first-order valence-corrected chi connectivity index (χ1v) is 5.89. The van der Waals surface area contributed by atoms with Gasteiger partial charge in [-0.05, 0) is 13.3 Å². The van der Waals surface area contributed by atoms with E-state index in [0.29, 0.717) is 0 Å². The SMILES string of the molecule is [CH2]C(CCCC)C(F)(F)C(F)(F)C(F)(C(F)(F)F)C(F)(F)F. The van der Waals surface area contributed by atoms with E-state index in [2.05, 4.69) is 6.92 Å². The van der Waals surface area contributed by atoms with Gasteiger partial charge in [0.2, 0.25) is 0 Å². The van der Waals surface area contributed by atoms with Crippen LogP contribution in [0.25, 0.3) is 0 Å². The van der Waals surface area contributed by atoms with Crippen LogP contribution in [0, 0.1) is 12.8 Å². The van der Waals surface area contributed by atoms with Crippen molar-refractivity contribution in [2.75, 3.05) is 0 Å². The summed E-state index contributed by atoms with van der Waals surface area (Å²) in [6, 6.07) is 0. The minimum atomic E-state index is -7.39. The summed E-state index contributed by atoms with van der Waals surface area (Å²) in [7, 11) is 0. The molecule has 0 aromatic heterocycles. The molecule has 0 aliphatic rings. The van der Waals surface area contributed by atoms with Gasteiger partial charge in [-0.15, -0.1) is 0 Å². The largest absolute Gasteiger partial charge is 0.438 e. The van der Waals surface area contributed by atoms with E-state index in [1.165, 1.54) is 6.92 Å². The van der Waals surface area contributed by atoms with Gasteiger partial charge in [0.1, 0.15) is 0 Å². The molecule has 0 amide bonds. The predicted molar refractivity (Wildman–Crippen MR) is 54.2 cm³/mol. The third-order valence-corrected chi connectivity index (χ3v) is 3.05. The molecule has 0 saturated carbocycles. The Morgan fingerprint density at radius 1 is 0.773 bits per heavy atom. The van der Waals surface area contributed by atoms with Crippen molar-refractivity contribution in [1.29, 1.82) is 0 Å². The van der Waals surface area contributed by atoms with Gasteiger partial charge in [-0.1, -0.05) is 19.8 Å². The molecule has 0 fully saturated rings. The van der Waals surface area contributed by atoms with Crippen molar-refractivity contribution in [3.63, 3.8) is 0 Å². The molecule has 0 heterocycles. The summed E-state index contributed by atoms with van der Waals surface area (Å²) in [5, 5.41) is 0. The van der Waals surface area contributed by atoms with Gasteiger partial charge >= 0.3 is 29.9 Å². The molecule has 0 nitrogen and oxygen atoms in total. The third kappa shape index (κ3) is 3.12. The second-order valence-corrected chi connectivity index (χ2v) is 4.69. The maximum atomic E-state index is 13.4. The van der Waals surface area contributed by atoms with Crippen LogP contribution in [0.1, 0.15) is 26.2 Å². The van der Waals surface area contributed by atoms with Crippen LogP contribution in [0.4, 0.5) is 48.3 Å². The molecule has 1 atom stereocenters. The highest BCUT2D eigenvalue weighted by atomic mass is 19.4. The molecule has 0 spiro atoms. The highest BCUT2D eigenvalue weighted by Crippen LogP contribution is 2.60. The van der Waals surface area contributed by atoms with Crippen LogP contribution in [0.5, 0.6) is 0 Å². The van der Waals surface area contributed by atoms with E-state index in [4.69, 9.17) is 0 Å². The number of rotatable bonds is 6. The number of unbranched alkanes of at least 4 members (excludes halogenated alkanes) is 1. The molecule has 0 aliphatic heterocycles. The molecule has 22 heavy (non-hydrogen) atoms. The molecular formula is C11H12F11. The first-order chi connectivity index (χ1) is 9.48. The van der Waals surface area contributed by atoms with Crippen LogP contribution in [0.3, 0.4) is 0 Å². The van der Waals surface area contributed by atoms with Crippen LogP contribution < -0.4 is 0 Å². The fraction of sp³-hybridized carbons (Fsp3) is 0.909. The van der Waals surface area contributed by atoms with Crippen LogP contribution in [0.2, 0.25) is 0 Å². The van der Waals surface area contributed by atoms with Gasteiger partial charge in [-0.25, -0.2) is 4.39 Å². The maximum Gasteiger partial charge on any atom is 0.438 e. The zero-order chi connectivity index (χ0) is 18.2. The summed E-state index contributed by atoms with van der Waals surface area (Å²) in [5.74, 6) is -15.9. The summed E-state index contributed by atoms with van der Waals surface area (Å²) in [6.07, 6.45) is -15.5. The van der Waals surface area contributed by atoms with Crippen LogP contribution in [0.15, 0.2) is 0 Å². The van der Waals surface area contributed by atoms with E-state index in [1.54, 1.807) is 0 Å². The monoisotopic (exact) mass is 353 g/mol. The average molecular weight is 353 g/mol. The number of alkyl halides is 11. The van der Waals surface area contributed by atoms with Crippen LogP contribution >= 0.6 is 0 Å². The van der Waals surface area contributed by atoms with Gasteiger partial charge in [0, 0.05) is 5.92 Å². The lowest BCUT2D eigenvalue weighted by molar-refractivity contribution is -0.430. The lowest BCUT2D eigenvalue weighted by Gasteiger charge is -2.41. The molecule has 1 unspecified atom stereocenters. The molecule has 0 bridgehead atoms. The Morgan fingerprint density at radius 2 is 1.14 bits per heavy atom. The van der Waals surface area contributed by atoms with E-state index >= 15 is 0 Å². The number of hydrogen-bond donors (Lipinski definition) is 0. The van der Waals surface area contributed by atoms with E-state index in [1.807, 2.05) is 0 Å². The number of halogens is 11. The molecule has 0 saturated heterocycles. The third-order valence-electron chi connectivity index (χ3n) is 3.05. The Morgan fingerprint density at radius 3 is 1.41 bits per heavy atom. The molecule has 133 valence electrons. The molecule has 0 rings (SSSR count). The van der Waals surface area contributed by atoms with Crippen molar-refractivity contribution in [3.8, 4) is 0 Å². The standard InChI is InChI=1S/C11H12F11/c1-3-4-5-6(2)7(12,13)9(15,16)8(14,10(17,18)19)11(20,21)22/h6H,2-5H2,1H3. The van der Waals surface area contributed by atoms with E-state index in [9.17, 15) is 48.3 Å². The topological polar surface area (TPSA) is 0 Å². The Balaban J connectivity index is 6.02. The van der Waals surface area contributed by atoms with Crippen molar-refractivity contribution in [2.24, 2.45) is 5.92 Å². The van der Waals surface area contributed by atoms with E-state index in [-0.39, 0.29) is 12.8 Å². The quantitative estimate of drug-likeness (QED) is 0.535. The van der Waals surface area contributed by atoms with Crippen molar-refractivity contribution < 1.29 is 48.3 Å². The lowest BCUT2D eigenvalue weighted by Crippen LogP contribution is -2.71. The van der Waals surface area contributed by atoms with Gasteiger partial charge in [-0.3, -0.25) is 0 Å². The Bertz CT molecular complexity index is 351. The van der Waals surface area contributed by atoms with Gasteiger partial charge in [0.25, 0.3) is 0 Å². The van der Waals surface area contributed by atoms with Crippen molar-refractivity contribution in [1.82, 2.24) is 0 Å². The Kier molecular flexibility index (Phi) is 5.82. The second kappa shape index (κ2) is 6.03. The molecule has 0 aromatic carbocycles. The van der Waals surface area contributed by atoms with Crippen LogP contribution in [-0.4, -0.2) is 29.9 Å². The minimum Gasteiger partial charge on any atom is -0.216 e. The molecular weight excluding hydrogens is 341 g/mol. The number of hydrogen-bond acceptors (Lipinski definition) is 0. The van der Waals surface area contributed by atoms with Gasteiger partial charge < -0.3 is 0 Å². The average Bonchev–Trinajstić information content (AvgIpc) is 2.31. The summed E-state index contributed by atoms with van der Waals surface area (Å²) < 4.78 is 140. The molecule has 0 aromatic rings. The zero-order valence-corrected chi connectivity index (χ0v) is 11.1. The molecule has 1 radical (unpaired) electrons. The maximum absolute atomic E-state index is 13.4. The molecule has 0 N–H and O–H groups in total. The summed E-state index contributed by atoms with van der Waals surface area (Å²) in [4.78, 5) is 0. The van der Waals surface area contributed by atoms with Gasteiger partial charge in [0.15, 0.2) is 0 Å². The normalized spacial score (nSPS) is 16.8. The molecule has 0 aliphatic carbocycles. The fourth-order valence-corrected chi connectivity index (χ4v) is 1.63. The van der Waals surface area contributed by atoms with E-state index in [0.717, 1.165) is 0 Å². The zero-order valence-electron chi connectivity index (χ0n) is 11.1. The smallest absolute Gasteiger partial charge is 0.216 e. The molecule has 11 heteroatoms. The van der Waals surface area contributed by atoms with Gasteiger partial charge in [0.05, 0.1) is 0 Å². The lowest BCUT2D eigenvalue weighted by atomic mass is 9.83. The summed E-state index contributed by atoms with van der Waals surface area (Å²) in [6.45, 7) is 3.87. The van der Waals surface area contributed by atoms with Crippen molar-refractivity contribution in [3.05, 3.63) is 6.92 Å². The summed E-state index contributed by atoms with van der Waals surface area (Å²) >= 11 is 0.